The van der Waals surface area contributed by atoms with E-state index in [9.17, 15) is 14.4 Å². The van der Waals surface area contributed by atoms with Crippen LogP contribution >= 0.6 is 0 Å². The highest BCUT2D eigenvalue weighted by Gasteiger charge is 2.31. The number of amides is 3. The van der Waals surface area contributed by atoms with E-state index in [0.717, 1.165) is 55.5 Å². The minimum Gasteiger partial charge on any atom is -0.365 e. The van der Waals surface area contributed by atoms with Crippen molar-refractivity contribution in [3.05, 3.63) is 83.8 Å². The highest BCUT2D eigenvalue weighted by atomic mass is 19.1. The SMILES string of the molecule is CC(C)(C)c1nc(C(=O)NCc2ccc(-c3ncnn4cc(-c5ccc(CNCC6CCCC(OC7CCC(=O)NC7=O)CC6)cn5)cc34)cc2F)no1. The topological polar surface area (TPSA) is 179 Å². The summed E-state index contributed by atoms with van der Waals surface area (Å²) < 4.78 is 28.3. The number of rotatable bonds is 11. The maximum Gasteiger partial charge on any atom is 0.292 e. The third-order valence-corrected chi connectivity index (χ3v) is 9.91. The second-order valence-corrected chi connectivity index (χ2v) is 15.1. The molecule has 2 aliphatic rings. The summed E-state index contributed by atoms with van der Waals surface area (Å²) >= 11 is 0. The molecule has 54 heavy (non-hydrogen) atoms. The number of nitrogens with zero attached hydrogens (tertiary/aromatic N) is 6. The van der Waals surface area contributed by atoms with Crippen molar-refractivity contribution in [2.24, 2.45) is 5.92 Å². The number of nitrogens with one attached hydrogen (secondary N) is 3. The monoisotopic (exact) mass is 737 g/mol. The molecule has 0 spiro atoms. The number of ether oxygens (including phenoxy) is 1. The van der Waals surface area contributed by atoms with Gasteiger partial charge in [-0.2, -0.15) is 10.1 Å². The van der Waals surface area contributed by atoms with E-state index in [4.69, 9.17) is 14.2 Å². The fourth-order valence-electron chi connectivity index (χ4n) is 6.85. The molecule has 1 aromatic carbocycles. The lowest BCUT2D eigenvalue weighted by Crippen LogP contribution is -2.46. The smallest absolute Gasteiger partial charge is 0.292 e. The lowest BCUT2D eigenvalue weighted by molar-refractivity contribution is -0.147. The Morgan fingerprint density at radius 3 is 2.67 bits per heavy atom. The number of pyridine rings is 1. The zero-order valence-electron chi connectivity index (χ0n) is 30.6. The molecule has 1 aliphatic carbocycles. The van der Waals surface area contributed by atoms with E-state index in [1.54, 1.807) is 16.6 Å². The second kappa shape index (κ2) is 15.9. The Morgan fingerprint density at radius 1 is 1.04 bits per heavy atom. The normalized spacial score (nSPS) is 19.4. The number of halogens is 1. The van der Waals surface area contributed by atoms with E-state index in [0.29, 0.717) is 53.5 Å². The lowest BCUT2D eigenvalue weighted by Gasteiger charge is -2.26. The Bertz CT molecular complexity index is 2140. The van der Waals surface area contributed by atoms with Crippen molar-refractivity contribution in [1.29, 1.82) is 0 Å². The van der Waals surface area contributed by atoms with Crippen LogP contribution in [0.15, 0.2) is 59.6 Å². The van der Waals surface area contributed by atoms with Gasteiger partial charge in [0.05, 0.1) is 23.0 Å². The zero-order valence-corrected chi connectivity index (χ0v) is 30.6. The van der Waals surface area contributed by atoms with Gasteiger partial charge in [-0.05, 0) is 68.3 Å². The zero-order chi connectivity index (χ0) is 37.8. The van der Waals surface area contributed by atoms with Gasteiger partial charge in [-0.1, -0.05) is 50.5 Å². The number of aromatic nitrogens is 6. The van der Waals surface area contributed by atoms with Crippen LogP contribution in [0.4, 0.5) is 4.39 Å². The molecule has 14 nitrogen and oxygen atoms in total. The first-order chi connectivity index (χ1) is 26.0. The molecule has 3 unspecified atom stereocenters. The number of imide groups is 1. The standard InChI is InChI=1S/C39H44FN9O5/c1-39(2,3)38-47-35(48-54-38)37(52)43-20-26-10-9-25(15-29(26)40)34-31-16-27(21-49(31)45-22-44-34)30-12-8-24(19-42-30)18-41-17-23-5-4-6-28(11-7-23)53-32-13-14-33(50)46-36(32)51/h8-10,12,15-16,19,21-23,28,32,41H,4-7,11,13-14,17-18,20H2,1-3H3,(H,43,52)(H,46,50,51). The maximum absolute atomic E-state index is 15.3. The van der Waals surface area contributed by atoms with Gasteiger partial charge in [0.25, 0.3) is 17.6 Å². The van der Waals surface area contributed by atoms with E-state index >= 15 is 4.39 Å². The Kier molecular flexibility index (Phi) is 10.9. The molecular formula is C39H44FN9O5. The molecule has 282 valence electrons. The lowest BCUT2D eigenvalue weighted by atomic mass is 9.97. The van der Waals surface area contributed by atoms with Gasteiger partial charge in [0, 0.05) is 54.0 Å². The van der Waals surface area contributed by atoms with Crippen LogP contribution in [0.5, 0.6) is 0 Å². The van der Waals surface area contributed by atoms with Crippen molar-refractivity contribution in [3.8, 4) is 22.5 Å². The first-order valence-electron chi connectivity index (χ1n) is 18.4. The summed E-state index contributed by atoms with van der Waals surface area (Å²) in [5.41, 5.74) is 4.39. The molecular weight excluding hydrogens is 693 g/mol. The number of carbonyl (C=O) groups excluding carboxylic acids is 3. The van der Waals surface area contributed by atoms with Crippen molar-refractivity contribution in [2.75, 3.05) is 6.54 Å². The molecule has 1 aliphatic heterocycles. The van der Waals surface area contributed by atoms with E-state index in [1.165, 1.54) is 12.4 Å². The minimum absolute atomic E-state index is 0.0453. The number of fused-ring (bicyclic) bond motifs is 1. The highest BCUT2D eigenvalue weighted by Crippen LogP contribution is 2.29. The predicted molar refractivity (Wildman–Crippen MR) is 195 cm³/mol. The van der Waals surface area contributed by atoms with E-state index in [-0.39, 0.29) is 30.3 Å². The molecule has 2 fully saturated rings. The highest BCUT2D eigenvalue weighted by molar-refractivity contribution is 5.99. The molecule has 3 N–H and O–H groups in total. The molecule has 5 aromatic rings. The summed E-state index contributed by atoms with van der Waals surface area (Å²) in [4.78, 5) is 49.4. The van der Waals surface area contributed by atoms with Crippen LogP contribution in [0, 0.1) is 11.7 Å². The molecule has 0 bridgehead atoms. The molecule has 5 heterocycles. The number of benzene rings is 1. The molecule has 0 radical (unpaired) electrons. The van der Waals surface area contributed by atoms with Crippen LogP contribution in [0.2, 0.25) is 0 Å². The largest absolute Gasteiger partial charge is 0.365 e. The number of piperidine rings is 1. The summed E-state index contributed by atoms with van der Waals surface area (Å²) in [6.07, 6.45) is 10.5. The molecule has 3 amide bonds. The van der Waals surface area contributed by atoms with Gasteiger partial charge in [-0.25, -0.2) is 13.9 Å². The third-order valence-electron chi connectivity index (χ3n) is 9.91. The van der Waals surface area contributed by atoms with Crippen molar-refractivity contribution in [3.63, 3.8) is 0 Å². The number of carbonyl (C=O) groups is 3. The molecule has 3 atom stereocenters. The van der Waals surface area contributed by atoms with Crippen molar-refractivity contribution < 1.29 is 28.0 Å². The van der Waals surface area contributed by atoms with Crippen LogP contribution in [0.1, 0.15) is 93.4 Å². The van der Waals surface area contributed by atoms with Crippen LogP contribution in [0.25, 0.3) is 28.0 Å². The summed E-state index contributed by atoms with van der Waals surface area (Å²) in [7, 11) is 0. The summed E-state index contributed by atoms with van der Waals surface area (Å²) in [6.45, 7) is 7.21. The fourth-order valence-corrected chi connectivity index (χ4v) is 6.85. The Morgan fingerprint density at radius 2 is 1.91 bits per heavy atom. The summed E-state index contributed by atoms with van der Waals surface area (Å²) in [6, 6.07) is 10.7. The number of hydrogen-bond acceptors (Lipinski definition) is 11. The minimum atomic E-state index is -0.556. The molecule has 7 rings (SSSR count). The first kappa shape index (κ1) is 36.9. The van der Waals surface area contributed by atoms with Gasteiger partial charge in [0.15, 0.2) is 0 Å². The summed E-state index contributed by atoms with van der Waals surface area (Å²) in [5, 5.41) is 16.7. The molecule has 1 saturated heterocycles. The van der Waals surface area contributed by atoms with Gasteiger partial charge in [-0.15, -0.1) is 0 Å². The Labute approximate surface area is 311 Å². The van der Waals surface area contributed by atoms with Crippen LogP contribution in [-0.4, -0.2) is 66.2 Å². The van der Waals surface area contributed by atoms with Crippen LogP contribution in [0.3, 0.4) is 0 Å². The summed E-state index contributed by atoms with van der Waals surface area (Å²) in [5.74, 6) is -0.828. The number of hydrogen-bond donors (Lipinski definition) is 3. The maximum atomic E-state index is 15.3. The molecule has 1 saturated carbocycles. The first-order valence-corrected chi connectivity index (χ1v) is 18.4. The quantitative estimate of drug-likeness (QED) is 0.122. The predicted octanol–water partition coefficient (Wildman–Crippen LogP) is 5.07. The van der Waals surface area contributed by atoms with Crippen LogP contribution in [-0.2, 0) is 32.8 Å². The van der Waals surface area contributed by atoms with Gasteiger partial charge in [0.1, 0.15) is 18.2 Å². The van der Waals surface area contributed by atoms with Crippen molar-refractivity contribution in [1.82, 2.24) is 45.7 Å². The Hall–Kier alpha value is -5.41. The average Bonchev–Trinajstić information content (AvgIpc) is 3.78. The van der Waals surface area contributed by atoms with E-state index < -0.39 is 23.2 Å². The molecule has 4 aromatic heterocycles. The van der Waals surface area contributed by atoms with Crippen LogP contribution < -0.4 is 16.0 Å². The van der Waals surface area contributed by atoms with Gasteiger partial charge in [-0.3, -0.25) is 24.7 Å². The van der Waals surface area contributed by atoms with E-state index in [2.05, 4.69) is 42.2 Å². The van der Waals surface area contributed by atoms with Crippen molar-refractivity contribution in [2.45, 2.75) is 96.4 Å². The third kappa shape index (κ3) is 8.69. The van der Waals surface area contributed by atoms with Gasteiger partial charge < -0.3 is 19.9 Å². The van der Waals surface area contributed by atoms with Gasteiger partial charge >= 0.3 is 0 Å². The van der Waals surface area contributed by atoms with Gasteiger partial charge in [0.2, 0.25) is 11.8 Å². The average molecular weight is 738 g/mol. The van der Waals surface area contributed by atoms with E-state index in [1.807, 2.05) is 45.3 Å². The second-order valence-electron chi connectivity index (χ2n) is 15.1. The Balaban J connectivity index is 0.923. The van der Waals surface area contributed by atoms with Crippen molar-refractivity contribution >= 4 is 23.2 Å². The molecule has 15 heteroatoms. The fraction of sp³-hybridized carbons (Fsp3) is 0.436.